The Hall–Kier alpha value is -1.66. The van der Waals surface area contributed by atoms with Crippen LogP contribution in [0, 0.1) is 0 Å². The van der Waals surface area contributed by atoms with Crippen molar-refractivity contribution in [3.63, 3.8) is 0 Å². The third kappa shape index (κ3) is 2.16. The molecular formula is C12H15N5S. The minimum absolute atomic E-state index is 0.676. The summed E-state index contributed by atoms with van der Waals surface area (Å²) >= 11 is 1.67. The zero-order chi connectivity index (χ0) is 12.4. The molecule has 0 radical (unpaired) electrons. The van der Waals surface area contributed by atoms with Crippen LogP contribution in [-0.2, 0) is 13.0 Å². The minimum atomic E-state index is 0.676. The number of fused-ring (bicyclic) bond motifs is 1. The van der Waals surface area contributed by atoms with E-state index in [9.17, 15) is 0 Å². The van der Waals surface area contributed by atoms with Gasteiger partial charge in [0.25, 0.3) is 0 Å². The Labute approximate surface area is 110 Å². The number of anilines is 3. The van der Waals surface area contributed by atoms with Crippen LogP contribution in [0.1, 0.15) is 11.3 Å². The topological polar surface area (TPSA) is 61.9 Å². The van der Waals surface area contributed by atoms with Crippen LogP contribution in [0.25, 0.3) is 0 Å². The molecule has 1 aliphatic rings. The van der Waals surface area contributed by atoms with E-state index in [1.54, 1.807) is 11.3 Å². The van der Waals surface area contributed by atoms with Crippen LogP contribution in [0.4, 0.5) is 16.8 Å². The van der Waals surface area contributed by atoms with Crippen molar-refractivity contribution in [1.82, 2.24) is 15.3 Å². The zero-order valence-corrected chi connectivity index (χ0v) is 11.0. The lowest BCUT2D eigenvalue weighted by Gasteiger charge is -2.20. The summed E-state index contributed by atoms with van der Waals surface area (Å²) in [6.45, 7) is 1.80. The molecule has 0 saturated carbocycles. The predicted octanol–water partition coefficient (Wildman–Crippen LogP) is 1.97. The Morgan fingerprint density at radius 3 is 3.11 bits per heavy atom. The van der Waals surface area contributed by atoms with Crippen LogP contribution in [0.2, 0.25) is 0 Å². The number of hydrogen-bond acceptors (Lipinski definition) is 6. The molecule has 3 N–H and O–H groups in total. The summed E-state index contributed by atoms with van der Waals surface area (Å²) in [5, 5.41) is 12.9. The summed E-state index contributed by atoms with van der Waals surface area (Å²) in [7, 11) is 1.84. The van der Waals surface area contributed by atoms with Crippen molar-refractivity contribution >= 4 is 28.1 Å². The lowest BCUT2D eigenvalue weighted by Crippen LogP contribution is -2.26. The molecule has 2 aromatic heterocycles. The van der Waals surface area contributed by atoms with Crippen LogP contribution >= 0.6 is 11.3 Å². The summed E-state index contributed by atoms with van der Waals surface area (Å²) in [6, 6.07) is 4.08. The van der Waals surface area contributed by atoms with Gasteiger partial charge in [-0.25, -0.2) is 4.98 Å². The maximum atomic E-state index is 4.52. The fraction of sp³-hybridized carbons (Fsp3) is 0.333. The van der Waals surface area contributed by atoms with E-state index in [0.29, 0.717) is 5.95 Å². The lowest BCUT2D eigenvalue weighted by atomic mass is 10.1. The highest BCUT2D eigenvalue weighted by Gasteiger charge is 2.17. The summed E-state index contributed by atoms with van der Waals surface area (Å²) in [5.41, 5.74) is 2.31. The van der Waals surface area contributed by atoms with Crippen molar-refractivity contribution in [2.24, 2.45) is 0 Å². The first kappa shape index (κ1) is 11.4. The highest BCUT2D eigenvalue weighted by atomic mass is 32.1. The van der Waals surface area contributed by atoms with Crippen LogP contribution in [0.15, 0.2) is 17.5 Å². The van der Waals surface area contributed by atoms with Crippen molar-refractivity contribution in [2.75, 3.05) is 24.2 Å². The van der Waals surface area contributed by atoms with Gasteiger partial charge in [-0.05, 0) is 17.5 Å². The van der Waals surface area contributed by atoms with Crippen molar-refractivity contribution < 1.29 is 0 Å². The first-order valence-corrected chi connectivity index (χ1v) is 6.83. The van der Waals surface area contributed by atoms with Gasteiger partial charge in [0.1, 0.15) is 5.82 Å². The second-order valence-corrected chi connectivity index (χ2v) is 5.05. The van der Waals surface area contributed by atoms with Gasteiger partial charge in [-0.15, -0.1) is 11.3 Å². The second-order valence-electron chi connectivity index (χ2n) is 4.10. The van der Waals surface area contributed by atoms with Crippen molar-refractivity contribution in [3.05, 3.63) is 28.8 Å². The fourth-order valence-electron chi connectivity index (χ4n) is 2.02. The van der Waals surface area contributed by atoms with Gasteiger partial charge in [-0.3, -0.25) is 0 Å². The number of aromatic nitrogens is 2. The van der Waals surface area contributed by atoms with Crippen LogP contribution in [0.5, 0.6) is 0 Å². The molecule has 0 amide bonds. The molecule has 0 atom stereocenters. The molecule has 0 aromatic carbocycles. The molecular weight excluding hydrogens is 246 g/mol. The van der Waals surface area contributed by atoms with E-state index in [0.717, 1.165) is 36.0 Å². The van der Waals surface area contributed by atoms with Gasteiger partial charge in [-0.2, -0.15) is 4.98 Å². The van der Waals surface area contributed by atoms with E-state index in [2.05, 4.69) is 32.0 Å². The highest BCUT2D eigenvalue weighted by molar-refractivity contribution is 7.14. The van der Waals surface area contributed by atoms with Gasteiger partial charge in [0.05, 0.1) is 10.7 Å². The predicted molar refractivity (Wildman–Crippen MR) is 74.6 cm³/mol. The Morgan fingerprint density at radius 2 is 2.33 bits per heavy atom. The van der Waals surface area contributed by atoms with Gasteiger partial charge in [-0.1, -0.05) is 0 Å². The maximum absolute atomic E-state index is 4.52. The van der Waals surface area contributed by atoms with E-state index in [1.165, 1.54) is 5.56 Å². The molecule has 5 nitrogen and oxygen atoms in total. The third-order valence-electron chi connectivity index (χ3n) is 2.92. The minimum Gasteiger partial charge on any atom is -0.357 e. The van der Waals surface area contributed by atoms with Crippen molar-refractivity contribution in [3.8, 4) is 0 Å². The van der Waals surface area contributed by atoms with Gasteiger partial charge in [0, 0.05) is 32.1 Å². The number of nitrogens with zero attached hydrogens (tertiary/aromatic N) is 2. The molecule has 3 heterocycles. The summed E-state index contributed by atoms with van der Waals surface area (Å²) in [5.74, 6) is 1.58. The van der Waals surface area contributed by atoms with E-state index >= 15 is 0 Å². The summed E-state index contributed by atoms with van der Waals surface area (Å²) in [6.07, 6.45) is 0.950. The Morgan fingerprint density at radius 1 is 1.39 bits per heavy atom. The summed E-state index contributed by atoms with van der Waals surface area (Å²) < 4.78 is 0. The van der Waals surface area contributed by atoms with E-state index < -0.39 is 0 Å². The smallest absolute Gasteiger partial charge is 0.224 e. The standard InChI is InChI=1S/C12H15N5S/c1-13-12-15-9-4-5-14-7-8(9)11(17-12)16-10-3-2-6-18-10/h2-3,6,14H,4-5,7H2,1H3,(H2,13,15,16,17). The van der Waals surface area contributed by atoms with Crippen LogP contribution < -0.4 is 16.0 Å². The van der Waals surface area contributed by atoms with E-state index in [1.807, 2.05) is 18.5 Å². The van der Waals surface area contributed by atoms with Gasteiger partial charge in [0.2, 0.25) is 5.95 Å². The molecule has 0 bridgehead atoms. The quantitative estimate of drug-likeness (QED) is 0.788. The molecule has 18 heavy (non-hydrogen) atoms. The molecule has 1 aliphatic heterocycles. The average molecular weight is 261 g/mol. The highest BCUT2D eigenvalue weighted by Crippen LogP contribution is 2.26. The molecule has 0 fully saturated rings. The summed E-state index contributed by atoms with van der Waals surface area (Å²) in [4.78, 5) is 9.04. The maximum Gasteiger partial charge on any atom is 0.224 e. The molecule has 0 unspecified atom stereocenters. The van der Waals surface area contributed by atoms with Gasteiger partial charge in [0.15, 0.2) is 0 Å². The molecule has 3 rings (SSSR count). The monoisotopic (exact) mass is 261 g/mol. The van der Waals surface area contributed by atoms with Crippen molar-refractivity contribution in [2.45, 2.75) is 13.0 Å². The Kier molecular flexibility index (Phi) is 3.12. The zero-order valence-electron chi connectivity index (χ0n) is 10.2. The number of hydrogen-bond donors (Lipinski definition) is 3. The third-order valence-corrected chi connectivity index (χ3v) is 3.70. The first-order valence-electron chi connectivity index (χ1n) is 5.95. The van der Waals surface area contributed by atoms with E-state index in [-0.39, 0.29) is 0 Å². The fourth-order valence-corrected chi connectivity index (χ4v) is 2.64. The molecule has 2 aromatic rings. The average Bonchev–Trinajstić information content (AvgIpc) is 2.91. The molecule has 94 valence electrons. The molecule has 0 aliphatic carbocycles. The number of nitrogens with one attached hydrogen (secondary N) is 3. The second kappa shape index (κ2) is 4.91. The van der Waals surface area contributed by atoms with Crippen LogP contribution in [-0.4, -0.2) is 23.6 Å². The first-order chi connectivity index (χ1) is 8.86. The van der Waals surface area contributed by atoms with Crippen LogP contribution in [0.3, 0.4) is 0 Å². The van der Waals surface area contributed by atoms with E-state index in [4.69, 9.17) is 0 Å². The van der Waals surface area contributed by atoms with Gasteiger partial charge >= 0.3 is 0 Å². The Balaban J connectivity index is 2.00. The normalized spacial score (nSPS) is 14.1. The molecule has 0 saturated heterocycles. The largest absolute Gasteiger partial charge is 0.357 e. The van der Waals surface area contributed by atoms with Crippen molar-refractivity contribution in [1.29, 1.82) is 0 Å². The SMILES string of the molecule is CNc1nc2c(c(Nc3cccs3)n1)CNCC2. The number of thiophene rings is 1. The molecule has 0 spiro atoms. The molecule has 6 heteroatoms. The van der Waals surface area contributed by atoms with Gasteiger partial charge < -0.3 is 16.0 Å². The lowest BCUT2D eigenvalue weighted by molar-refractivity contribution is 0.629. The Bertz CT molecular complexity index is 538. The number of rotatable bonds is 3.